The molecule has 0 aliphatic carbocycles. The predicted molar refractivity (Wildman–Crippen MR) is 170 cm³/mol. The molecule has 0 bridgehead atoms. The van der Waals surface area contributed by atoms with Gasteiger partial charge in [0.25, 0.3) is 5.56 Å². The largest absolute Gasteiger partial charge is 0.496 e. The Morgan fingerprint density at radius 3 is 2.53 bits per heavy atom. The van der Waals surface area contributed by atoms with Crippen LogP contribution >= 0.6 is 11.3 Å². The molecule has 0 spiro atoms. The molecule has 0 saturated heterocycles. The van der Waals surface area contributed by atoms with Gasteiger partial charge in [-0.15, -0.1) is 0 Å². The molecule has 10 heteroatoms. The number of furan rings is 1. The first kappa shape index (κ1) is 29.6. The smallest absolute Gasteiger partial charge is 0.338 e. The molecule has 45 heavy (non-hydrogen) atoms. The Bertz CT molecular complexity index is 2160. The Labute approximate surface area is 261 Å². The van der Waals surface area contributed by atoms with E-state index in [1.165, 1.54) is 10.6 Å². The van der Waals surface area contributed by atoms with Crippen molar-refractivity contribution in [3.05, 3.63) is 138 Å². The summed E-state index contributed by atoms with van der Waals surface area (Å²) in [5.74, 6) is -0.326. The van der Waals surface area contributed by atoms with Gasteiger partial charge in [0, 0.05) is 17.2 Å². The molecule has 3 heterocycles. The number of methoxy groups -OCH3 is 1. The van der Waals surface area contributed by atoms with Crippen molar-refractivity contribution in [2.75, 3.05) is 13.7 Å². The Hall–Kier alpha value is -5.48. The van der Waals surface area contributed by atoms with E-state index in [9.17, 15) is 19.5 Å². The number of esters is 1. The average Bonchev–Trinajstić information content (AvgIpc) is 3.65. The fourth-order valence-electron chi connectivity index (χ4n) is 5.35. The third-order valence-corrected chi connectivity index (χ3v) is 8.43. The van der Waals surface area contributed by atoms with Gasteiger partial charge in [0.1, 0.15) is 17.3 Å². The van der Waals surface area contributed by atoms with E-state index in [-0.39, 0.29) is 23.3 Å². The number of carboxylic acid groups (broad SMARTS) is 1. The van der Waals surface area contributed by atoms with Crippen molar-refractivity contribution in [2.45, 2.75) is 19.9 Å². The number of hydrogen-bond donors (Lipinski definition) is 1. The summed E-state index contributed by atoms with van der Waals surface area (Å²) in [4.78, 5) is 44.8. The highest BCUT2D eigenvalue weighted by Crippen LogP contribution is 2.37. The van der Waals surface area contributed by atoms with Crippen molar-refractivity contribution in [1.82, 2.24) is 4.57 Å². The molecule has 0 radical (unpaired) electrons. The maximum absolute atomic E-state index is 14.2. The summed E-state index contributed by atoms with van der Waals surface area (Å²) in [7, 11) is 1.57. The van der Waals surface area contributed by atoms with E-state index in [0.29, 0.717) is 49.0 Å². The van der Waals surface area contributed by atoms with E-state index in [1.807, 2.05) is 55.5 Å². The lowest BCUT2D eigenvalue weighted by Crippen LogP contribution is -2.40. The normalized spacial score (nSPS) is 14.6. The molecule has 0 amide bonds. The van der Waals surface area contributed by atoms with E-state index in [0.717, 1.165) is 16.9 Å². The van der Waals surface area contributed by atoms with E-state index in [4.69, 9.17) is 18.9 Å². The van der Waals surface area contributed by atoms with Gasteiger partial charge in [-0.2, -0.15) is 0 Å². The van der Waals surface area contributed by atoms with Gasteiger partial charge in [-0.05, 0) is 49.2 Å². The first-order valence-electron chi connectivity index (χ1n) is 14.2. The number of carboxylic acids is 1. The third kappa shape index (κ3) is 5.51. The lowest BCUT2D eigenvalue weighted by Gasteiger charge is -2.26. The molecule has 0 saturated carbocycles. The van der Waals surface area contributed by atoms with Crippen LogP contribution in [0.15, 0.2) is 105 Å². The summed E-state index contributed by atoms with van der Waals surface area (Å²) in [6.45, 7) is 3.79. The number of aryl methyl sites for hydroxylation is 1. The highest BCUT2D eigenvalue weighted by Gasteiger charge is 2.35. The maximum atomic E-state index is 14.2. The molecule has 5 aromatic rings. The van der Waals surface area contributed by atoms with Crippen LogP contribution in [-0.4, -0.2) is 35.3 Å². The van der Waals surface area contributed by atoms with Gasteiger partial charge in [0.2, 0.25) is 0 Å². The number of rotatable bonds is 8. The number of carbonyl (C=O) groups excluding carboxylic acids is 1. The van der Waals surface area contributed by atoms with Gasteiger partial charge in [-0.1, -0.05) is 72.0 Å². The van der Waals surface area contributed by atoms with Gasteiger partial charge in [0.15, 0.2) is 4.80 Å². The molecule has 1 aliphatic heterocycles. The SMILES string of the molecule is CCOC(=O)C1=C(c2ccccc2)N=c2s/c(=C/c3ccc(-c4ccccc4C(=O)O)o3)c(=O)n2[C@@H]1c1ccc(C)c(OC)c1. The maximum Gasteiger partial charge on any atom is 0.338 e. The Kier molecular flexibility index (Phi) is 8.06. The van der Waals surface area contributed by atoms with E-state index >= 15 is 0 Å². The second-order valence-electron chi connectivity index (χ2n) is 10.2. The fraction of sp³-hybridized carbons (Fsp3) is 0.143. The van der Waals surface area contributed by atoms with Crippen LogP contribution in [0.3, 0.4) is 0 Å². The summed E-state index contributed by atoms with van der Waals surface area (Å²) in [6.07, 6.45) is 1.60. The van der Waals surface area contributed by atoms with Crippen molar-refractivity contribution >= 4 is 35.0 Å². The number of fused-ring (bicyclic) bond motifs is 1. The summed E-state index contributed by atoms with van der Waals surface area (Å²) in [6, 6.07) is 23.9. The molecule has 1 N–H and O–H groups in total. The number of aromatic carboxylic acids is 1. The fourth-order valence-corrected chi connectivity index (χ4v) is 6.33. The first-order valence-corrected chi connectivity index (χ1v) is 15.0. The van der Waals surface area contributed by atoms with Crippen LogP contribution in [0.5, 0.6) is 5.75 Å². The number of carbonyl (C=O) groups is 2. The Morgan fingerprint density at radius 1 is 1.04 bits per heavy atom. The molecule has 226 valence electrons. The molecule has 0 fully saturated rings. The van der Waals surface area contributed by atoms with Crippen LogP contribution in [0, 0.1) is 6.92 Å². The second-order valence-corrected chi connectivity index (χ2v) is 11.2. The number of nitrogens with zero attached hydrogens (tertiary/aromatic N) is 2. The molecule has 0 unspecified atom stereocenters. The first-order chi connectivity index (χ1) is 21.8. The van der Waals surface area contributed by atoms with Crippen molar-refractivity contribution in [3.63, 3.8) is 0 Å². The zero-order valence-corrected chi connectivity index (χ0v) is 25.5. The molecular formula is C35H28N2O7S. The quantitative estimate of drug-likeness (QED) is 0.237. The minimum Gasteiger partial charge on any atom is -0.496 e. The topological polar surface area (TPSA) is 120 Å². The van der Waals surface area contributed by atoms with Gasteiger partial charge < -0.3 is 19.0 Å². The van der Waals surface area contributed by atoms with Crippen molar-refractivity contribution in [3.8, 4) is 17.1 Å². The van der Waals surface area contributed by atoms with Crippen LogP contribution in [0.25, 0.3) is 23.1 Å². The van der Waals surface area contributed by atoms with Gasteiger partial charge in [0.05, 0.1) is 41.1 Å². The van der Waals surface area contributed by atoms with Crippen LogP contribution in [0.4, 0.5) is 0 Å². The average molecular weight is 621 g/mol. The van der Waals surface area contributed by atoms with Gasteiger partial charge in [-0.25, -0.2) is 14.6 Å². The van der Waals surface area contributed by atoms with Crippen molar-refractivity contribution in [2.24, 2.45) is 4.99 Å². The van der Waals surface area contributed by atoms with E-state index in [2.05, 4.69) is 0 Å². The summed E-state index contributed by atoms with van der Waals surface area (Å²) >= 11 is 1.16. The monoisotopic (exact) mass is 620 g/mol. The molecule has 2 aromatic heterocycles. The number of ether oxygens (including phenoxy) is 2. The summed E-state index contributed by atoms with van der Waals surface area (Å²) in [5.41, 5.74) is 3.06. The molecule has 6 rings (SSSR count). The van der Waals surface area contributed by atoms with Gasteiger partial charge >= 0.3 is 11.9 Å². The number of benzene rings is 3. The number of aromatic nitrogens is 1. The lowest BCUT2D eigenvalue weighted by atomic mass is 9.92. The number of hydrogen-bond acceptors (Lipinski definition) is 8. The summed E-state index contributed by atoms with van der Waals surface area (Å²) in [5, 5.41) is 9.62. The van der Waals surface area contributed by atoms with Crippen LogP contribution in [-0.2, 0) is 9.53 Å². The Balaban J connectivity index is 1.58. The van der Waals surface area contributed by atoms with Crippen LogP contribution < -0.4 is 19.6 Å². The molecule has 9 nitrogen and oxygen atoms in total. The molecule has 3 aromatic carbocycles. The highest BCUT2D eigenvalue weighted by atomic mass is 32.1. The zero-order chi connectivity index (χ0) is 31.7. The number of thiazole rings is 1. The van der Waals surface area contributed by atoms with Crippen molar-refractivity contribution in [1.29, 1.82) is 0 Å². The standard InChI is InChI=1S/C35H28N2O7S/c1-4-43-34(41)29-30(21-10-6-5-7-11-21)36-35-37(31(29)22-15-14-20(2)27(18-22)42-3)32(38)28(45-35)19-23-16-17-26(44-23)24-12-8-9-13-25(24)33(39)40/h5-19,31H,4H2,1-3H3,(H,39,40)/b28-19+/t31-/m1/s1. The van der Waals surface area contributed by atoms with Crippen LogP contribution in [0.1, 0.15) is 45.8 Å². The van der Waals surface area contributed by atoms with Crippen molar-refractivity contribution < 1.29 is 28.6 Å². The van der Waals surface area contributed by atoms with E-state index in [1.54, 1.807) is 50.4 Å². The predicted octanol–water partition coefficient (Wildman–Crippen LogP) is 5.21. The Morgan fingerprint density at radius 2 is 1.80 bits per heavy atom. The van der Waals surface area contributed by atoms with Crippen LogP contribution in [0.2, 0.25) is 0 Å². The minimum absolute atomic E-state index is 0.103. The van der Waals surface area contributed by atoms with Gasteiger partial charge in [-0.3, -0.25) is 9.36 Å². The molecular weight excluding hydrogens is 592 g/mol. The third-order valence-electron chi connectivity index (χ3n) is 7.44. The highest BCUT2D eigenvalue weighted by molar-refractivity contribution is 7.07. The van der Waals surface area contributed by atoms with E-state index < -0.39 is 18.0 Å². The second kappa shape index (κ2) is 12.3. The molecule has 1 atom stereocenters. The lowest BCUT2D eigenvalue weighted by molar-refractivity contribution is -0.138. The zero-order valence-electron chi connectivity index (χ0n) is 24.6. The minimum atomic E-state index is -1.07. The molecule has 1 aliphatic rings. The summed E-state index contributed by atoms with van der Waals surface area (Å²) < 4.78 is 18.9.